The maximum absolute atomic E-state index is 6.15. The molecule has 4 aliphatic heterocycles. The van der Waals surface area contributed by atoms with Gasteiger partial charge in [0.05, 0.1) is 16.1 Å². The highest BCUT2D eigenvalue weighted by Crippen LogP contribution is 2.44. The topological polar surface area (TPSA) is 38.0 Å². The molecule has 0 saturated carbocycles. The predicted molar refractivity (Wildman–Crippen MR) is 106 cm³/mol. The molecular weight excluding hydrogens is 312 g/mol. The van der Waals surface area contributed by atoms with E-state index >= 15 is 0 Å². The number of rotatable bonds is 2. The molecule has 23 heavy (non-hydrogen) atoms. The van der Waals surface area contributed by atoms with Gasteiger partial charge in [0.2, 0.25) is 0 Å². The average Bonchev–Trinajstić information content (AvgIpc) is 2.97. The van der Waals surface area contributed by atoms with Gasteiger partial charge in [-0.3, -0.25) is 0 Å². The molecule has 4 fully saturated rings. The van der Waals surface area contributed by atoms with Gasteiger partial charge < -0.3 is 11.1 Å². The van der Waals surface area contributed by atoms with Crippen molar-refractivity contribution in [2.45, 2.75) is 118 Å². The number of hydrogen-bond donors (Lipinski definition) is 2. The average molecular weight is 351 g/mol. The third-order valence-corrected chi connectivity index (χ3v) is 19.2. The molecule has 0 aromatic rings. The van der Waals surface area contributed by atoms with Crippen molar-refractivity contribution in [3.63, 3.8) is 0 Å². The molecule has 0 amide bonds. The summed E-state index contributed by atoms with van der Waals surface area (Å²) >= 11 is 0. The second-order valence-corrected chi connectivity index (χ2v) is 19.7. The molecule has 4 heteroatoms. The summed E-state index contributed by atoms with van der Waals surface area (Å²) in [6.45, 7) is 0. The molecule has 1 atom stereocenters. The van der Waals surface area contributed by atoms with Gasteiger partial charge in [-0.2, -0.15) is 0 Å². The van der Waals surface area contributed by atoms with Crippen LogP contribution in [0.5, 0.6) is 0 Å². The van der Waals surface area contributed by atoms with Crippen LogP contribution in [0.4, 0.5) is 0 Å². The number of hydrogen-bond acceptors (Lipinski definition) is 2. The van der Waals surface area contributed by atoms with E-state index in [-0.39, 0.29) is 0 Å². The molecule has 2 spiro atoms. The minimum atomic E-state index is -0.881. The fraction of sp³-hybridized carbons (Fsp3) is 1.00. The van der Waals surface area contributed by atoms with Gasteiger partial charge in [0.15, 0.2) is 0 Å². The SMILES string of the molecule is NC1CC[Si]2(CC1)CCC(NC1CC[Si]3(CCCCC3)CC1)C2. The Morgan fingerprint density at radius 3 is 1.87 bits per heavy atom. The lowest BCUT2D eigenvalue weighted by Crippen LogP contribution is -2.47. The summed E-state index contributed by atoms with van der Waals surface area (Å²) in [7, 11) is -1.64. The zero-order valence-corrected chi connectivity index (χ0v) is 17.1. The van der Waals surface area contributed by atoms with Crippen molar-refractivity contribution in [2.24, 2.45) is 5.73 Å². The highest BCUT2D eigenvalue weighted by molar-refractivity contribution is 6.81. The van der Waals surface area contributed by atoms with Gasteiger partial charge in [-0.15, -0.1) is 0 Å². The molecular formula is C19H38N2Si2. The summed E-state index contributed by atoms with van der Waals surface area (Å²) in [5.41, 5.74) is 6.15. The first-order valence-electron chi connectivity index (χ1n) is 10.7. The summed E-state index contributed by atoms with van der Waals surface area (Å²) in [6.07, 6.45) is 11.9. The fourth-order valence-electron chi connectivity index (χ4n) is 6.59. The van der Waals surface area contributed by atoms with Crippen LogP contribution in [0, 0.1) is 0 Å². The van der Waals surface area contributed by atoms with Gasteiger partial charge in [0.25, 0.3) is 0 Å². The highest BCUT2D eigenvalue weighted by Gasteiger charge is 2.44. The van der Waals surface area contributed by atoms with Gasteiger partial charge in [0, 0.05) is 18.1 Å². The standard InChI is InChI=1S/C19H38N2Si2/c20-17-4-11-23(12-5-17)15-8-19(16-23)21-18-6-13-22(14-7-18)9-2-1-3-10-22/h17-19,21H,1-16,20H2. The van der Waals surface area contributed by atoms with Crippen LogP contribution in [-0.4, -0.2) is 34.3 Å². The molecule has 2 nitrogen and oxygen atoms in total. The smallest absolute Gasteiger partial charge is 0.0552 e. The Balaban J connectivity index is 1.24. The molecule has 4 saturated heterocycles. The van der Waals surface area contributed by atoms with E-state index in [1.54, 1.807) is 61.2 Å². The second-order valence-electron chi connectivity index (χ2n) is 9.78. The third-order valence-electron chi connectivity index (χ3n) is 8.23. The second kappa shape index (κ2) is 6.93. The van der Waals surface area contributed by atoms with Gasteiger partial charge in [-0.25, -0.2) is 0 Å². The van der Waals surface area contributed by atoms with Crippen LogP contribution < -0.4 is 11.1 Å². The lowest BCUT2D eigenvalue weighted by Gasteiger charge is -2.42. The molecule has 4 heterocycles. The monoisotopic (exact) mass is 350 g/mol. The van der Waals surface area contributed by atoms with E-state index in [0.29, 0.717) is 6.04 Å². The zero-order chi connectivity index (χ0) is 15.8. The Bertz CT molecular complexity index is 390. The summed E-state index contributed by atoms with van der Waals surface area (Å²) in [5.74, 6) is 0. The Morgan fingerprint density at radius 2 is 1.17 bits per heavy atom. The quantitative estimate of drug-likeness (QED) is 0.708. The maximum Gasteiger partial charge on any atom is 0.0552 e. The van der Waals surface area contributed by atoms with Gasteiger partial charge >= 0.3 is 0 Å². The lowest BCUT2D eigenvalue weighted by molar-refractivity contribution is 0.408. The van der Waals surface area contributed by atoms with E-state index < -0.39 is 16.1 Å². The molecule has 0 aliphatic carbocycles. The van der Waals surface area contributed by atoms with Crippen molar-refractivity contribution in [3.8, 4) is 0 Å². The molecule has 0 radical (unpaired) electrons. The summed E-state index contributed by atoms with van der Waals surface area (Å²) in [6, 6.07) is 15.3. The molecule has 4 rings (SSSR count). The first kappa shape index (κ1) is 16.8. The van der Waals surface area contributed by atoms with Crippen molar-refractivity contribution in [2.75, 3.05) is 0 Å². The Hall–Kier alpha value is 0.354. The van der Waals surface area contributed by atoms with Crippen LogP contribution in [0.15, 0.2) is 0 Å². The van der Waals surface area contributed by atoms with Gasteiger partial charge in [0.1, 0.15) is 0 Å². The van der Waals surface area contributed by atoms with E-state index in [9.17, 15) is 0 Å². The normalized spacial score (nSPS) is 37.4. The van der Waals surface area contributed by atoms with Crippen molar-refractivity contribution in [1.29, 1.82) is 0 Å². The minimum absolute atomic E-state index is 0.537. The minimum Gasteiger partial charge on any atom is -0.328 e. The van der Waals surface area contributed by atoms with Crippen LogP contribution in [0.3, 0.4) is 0 Å². The Kier molecular flexibility index (Phi) is 5.06. The van der Waals surface area contributed by atoms with Crippen molar-refractivity contribution < 1.29 is 0 Å². The third kappa shape index (κ3) is 3.80. The zero-order valence-electron chi connectivity index (χ0n) is 15.1. The van der Waals surface area contributed by atoms with Crippen LogP contribution in [0.25, 0.3) is 0 Å². The van der Waals surface area contributed by atoms with Crippen molar-refractivity contribution in [3.05, 3.63) is 0 Å². The van der Waals surface area contributed by atoms with Crippen LogP contribution >= 0.6 is 0 Å². The number of nitrogens with one attached hydrogen (secondary N) is 1. The maximum atomic E-state index is 6.15. The molecule has 0 bridgehead atoms. The molecule has 0 aromatic carbocycles. The lowest BCUT2D eigenvalue weighted by atomic mass is 10.1. The highest BCUT2D eigenvalue weighted by atomic mass is 28.3. The van der Waals surface area contributed by atoms with E-state index in [4.69, 9.17) is 5.73 Å². The molecule has 0 aromatic heterocycles. The van der Waals surface area contributed by atoms with E-state index in [0.717, 1.165) is 12.1 Å². The van der Waals surface area contributed by atoms with E-state index in [1.807, 2.05) is 0 Å². The first-order valence-corrected chi connectivity index (χ1v) is 16.3. The van der Waals surface area contributed by atoms with Crippen LogP contribution in [-0.2, 0) is 0 Å². The Morgan fingerprint density at radius 1 is 0.609 bits per heavy atom. The van der Waals surface area contributed by atoms with Crippen LogP contribution in [0.1, 0.15) is 51.4 Å². The van der Waals surface area contributed by atoms with Crippen molar-refractivity contribution in [1.82, 2.24) is 5.32 Å². The predicted octanol–water partition coefficient (Wildman–Crippen LogP) is 4.71. The number of nitrogens with two attached hydrogens (primary N) is 1. The van der Waals surface area contributed by atoms with E-state index in [1.165, 1.54) is 38.5 Å². The fourth-order valence-corrected chi connectivity index (χ4v) is 17.7. The largest absolute Gasteiger partial charge is 0.328 e. The van der Waals surface area contributed by atoms with Gasteiger partial charge in [-0.1, -0.05) is 61.6 Å². The summed E-state index contributed by atoms with van der Waals surface area (Å²) in [5, 5.41) is 4.15. The summed E-state index contributed by atoms with van der Waals surface area (Å²) < 4.78 is 0. The molecule has 1 unspecified atom stereocenters. The van der Waals surface area contributed by atoms with Crippen molar-refractivity contribution >= 4 is 16.1 Å². The van der Waals surface area contributed by atoms with E-state index in [2.05, 4.69) is 5.32 Å². The molecule has 132 valence electrons. The summed E-state index contributed by atoms with van der Waals surface area (Å²) in [4.78, 5) is 0. The molecule has 4 aliphatic rings. The first-order chi connectivity index (χ1) is 11.2. The molecule has 3 N–H and O–H groups in total. The van der Waals surface area contributed by atoms with Crippen LogP contribution in [0.2, 0.25) is 48.4 Å². The van der Waals surface area contributed by atoms with Gasteiger partial charge in [-0.05, 0) is 38.1 Å². The Labute approximate surface area is 145 Å².